The predicted molar refractivity (Wildman–Crippen MR) is 78.0 cm³/mol. The van der Waals surface area contributed by atoms with E-state index in [-0.39, 0.29) is 19.1 Å². The zero-order valence-electron chi connectivity index (χ0n) is 14.0. The van der Waals surface area contributed by atoms with E-state index in [1.807, 2.05) is 5.32 Å². The molecule has 1 fully saturated rings. The number of halogens is 3. The number of hydrogen-bond donors (Lipinski definition) is 1. The summed E-state index contributed by atoms with van der Waals surface area (Å²) < 4.78 is 41.8. The molecule has 9 heteroatoms. The topological polar surface area (TPSA) is 61.9 Å². The van der Waals surface area contributed by atoms with E-state index >= 15 is 0 Å². The third kappa shape index (κ3) is 5.80. The quantitative estimate of drug-likeness (QED) is 0.799. The van der Waals surface area contributed by atoms with Crippen molar-refractivity contribution < 1.29 is 27.5 Å². The Morgan fingerprint density at radius 3 is 2.04 bits per heavy atom. The van der Waals surface area contributed by atoms with Crippen LogP contribution in [0.5, 0.6) is 0 Å². The Bertz CT molecular complexity index is 449. The van der Waals surface area contributed by atoms with Crippen LogP contribution in [-0.2, 0) is 4.74 Å². The smallest absolute Gasteiger partial charge is 0.410 e. The lowest BCUT2D eigenvalue weighted by Crippen LogP contribution is -2.62. The van der Waals surface area contributed by atoms with Gasteiger partial charge in [-0.3, -0.25) is 0 Å². The van der Waals surface area contributed by atoms with Gasteiger partial charge < -0.3 is 19.9 Å². The molecule has 1 N–H and O–H groups in total. The van der Waals surface area contributed by atoms with Gasteiger partial charge >= 0.3 is 18.3 Å². The van der Waals surface area contributed by atoms with Crippen molar-refractivity contribution in [3.63, 3.8) is 0 Å². The van der Waals surface area contributed by atoms with E-state index in [0.29, 0.717) is 0 Å². The molecule has 0 saturated carbocycles. The van der Waals surface area contributed by atoms with Crippen LogP contribution in [0.4, 0.5) is 22.8 Å². The average molecular weight is 339 g/mol. The number of alkyl halides is 3. The minimum Gasteiger partial charge on any atom is -0.444 e. The first-order chi connectivity index (χ1) is 10.3. The van der Waals surface area contributed by atoms with Crippen molar-refractivity contribution in [3.8, 4) is 0 Å². The molecule has 0 aliphatic carbocycles. The van der Waals surface area contributed by atoms with Crippen LogP contribution >= 0.6 is 0 Å². The number of carbonyl (C=O) groups excluding carboxylic acids is 2. The van der Waals surface area contributed by atoms with Gasteiger partial charge in [0, 0.05) is 13.1 Å². The van der Waals surface area contributed by atoms with Crippen LogP contribution < -0.4 is 5.32 Å². The number of ether oxygens (including phenoxy) is 1. The summed E-state index contributed by atoms with van der Waals surface area (Å²) in [6, 6.07) is -1.58. The molecule has 1 rings (SSSR count). The lowest BCUT2D eigenvalue weighted by Gasteiger charge is -2.44. The summed E-state index contributed by atoms with van der Waals surface area (Å²) in [7, 11) is 0. The Morgan fingerprint density at radius 1 is 1.09 bits per heavy atom. The van der Waals surface area contributed by atoms with Crippen LogP contribution in [-0.4, -0.2) is 65.4 Å². The first-order valence-corrected chi connectivity index (χ1v) is 7.42. The molecule has 0 unspecified atom stereocenters. The molecule has 0 bridgehead atoms. The SMILES string of the molecule is C[C@@H]1[C@H](C)N(C(=O)NCC(F)(F)F)CCN1C(=O)OC(C)(C)C. The summed E-state index contributed by atoms with van der Waals surface area (Å²) in [4.78, 5) is 26.8. The summed E-state index contributed by atoms with van der Waals surface area (Å²) in [6.45, 7) is 7.65. The van der Waals surface area contributed by atoms with Gasteiger partial charge in [-0.15, -0.1) is 0 Å². The van der Waals surface area contributed by atoms with Crippen LogP contribution in [0, 0.1) is 0 Å². The number of carbonyl (C=O) groups is 2. The van der Waals surface area contributed by atoms with Crippen LogP contribution in [0.25, 0.3) is 0 Å². The zero-order valence-corrected chi connectivity index (χ0v) is 14.0. The lowest BCUT2D eigenvalue weighted by atomic mass is 10.1. The summed E-state index contributed by atoms with van der Waals surface area (Å²) in [5.41, 5.74) is -0.638. The second-order valence-electron chi connectivity index (χ2n) is 6.62. The molecule has 0 spiro atoms. The number of hydrogen-bond acceptors (Lipinski definition) is 3. The Kier molecular flexibility index (Phi) is 5.76. The van der Waals surface area contributed by atoms with Crippen molar-refractivity contribution in [1.29, 1.82) is 0 Å². The zero-order chi connectivity index (χ0) is 18.0. The number of urea groups is 1. The maximum Gasteiger partial charge on any atom is 0.410 e. The molecule has 0 aromatic rings. The van der Waals surface area contributed by atoms with E-state index in [1.54, 1.807) is 34.6 Å². The maximum atomic E-state index is 12.2. The largest absolute Gasteiger partial charge is 0.444 e. The van der Waals surface area contributed by atoms with Gasteiger partial charge in [-0.05, 0) is 34.6 Å². The molecular formula is C14H24F3N3O3. The molecule has 0 aromatic heterocycles. The molecule has 1 aliphatic heterocycles. The van der Waals surface area contributed by atoms with Crippen LogP contribution in [0.3, 0.4) is 0 Å². The van der Waals surface area contributed by atoms with Crippen molar-refractivity contribution in [2.45, 2.75) is 58.5 Å². The van der Waals surface area contributed by atoms with E-state index in [4.69, 9.17) is 4.74 Å². The van der Waals surface area contributed by atoms with Gasteiger partial charge in [0.25, 0.3) is 0 Å². The third-order valence-electron chi connectivity index (χ3n) is 3.59. The molecule has 1 heterocycles. The Hall–Kier alpha value is -1.67. The highest BCUT2D eigenvalue weighted by atomic mass is 19.4. The fourth-order valence-corrected chi connectivity index (χ4v) is 2.29. The van der Waals surface area contributed by atoms with Crippen molar-refractivity contribution in [3.05, 3.63) is 0 Å². The van der Waals surface area contributed by atoms with Gasteiger partial charge in [-0.1, -0.05) is 0 Å². The van der Waals surface area contributed by atoms with Crippen LogP contribution in [0.15, 0.2) is 0 Å². The van der Waals surface area contributed by atoms with Gasteiger partial charge in [0.1, 0.15) is 12.1 Å². The third-order valence-corrected chi connectivity index (χ3v) is 3.59. The fraction of sp³-hybridized carbons (Fsp3) is 0.857. The van der Waals surface area contributed by atoms with Crippen molar-refractivity contribution >= 4 is 12.1 Å². The van der Waals surface area contributed by atoms with Gasteiger partial charge in [-0.2, -0.15) is 13.2 Å². The second kappa shape index (κ2) is 6.84. The molecule has 134 valence electrons. The number of piperazine rings is 1. The van der Waals surface area contributed by atoms with Crippen molar-refractivity contribution in [2.24, 2.45) is 0 Å². The molecule has 1 aliphatic rings. The van der Waals surface area contributed by atoms with Gasteiger partial charge in [0.05, 0.1) is 12.1 Å². The van der Waals surface area contributed by atoms with Gasteiger partial charge in [-0.25, -0.2) is 9.59 Å². The van der Waals surface area contributed by atoms with E-state index < -0.39 is 36.5 Å². The summed E-state index contributed by atoms with van der Waals surface area (Å²) in [5.74, 6) is 0. The van der Waals surface area contributed by atoms with Crippen molar-refractivity contribution in [1.82, 2.24) is 15.1 Å². The molecule has 0 aromatic carbocycles. The standard InChI is InChI=1S/C14H24F3N3O3/c1-9-10(2)20(12(22)23-13(3,4)5)7-6-19(9)11(21)18-8-14(15,16)17/h9-10H,6-8H2,1-5H3,(H,18,21)/t9-,10+/m0/s1. The number of nitrogens with one attached hydrogen (secondary N) is 1. The van der Waals surface area contributed by atoms with E-state index in [2.05, 4.69) is 0 Å². The van der Waals surface area contributed by atoms with Gasteiger partial charge in [0.15, 0.2) is 0 Å². The minimum absolute atomic E-state index is 0.147. The second-order valence-corrected chi connectivity index (χ2v) is 6.62. The van der Waals surface area contributed by atoms with Crippen LogP contribution in [0.2, 0.25) is 0 Å². The van der Waals surface area contributed by atoms with E-state index in [1.165, 1.54) is 9.80 Å². The first kappa shape index (κ1) is 19.4. The van der Waals surface area contributed by atoms with E-state index in [0.717, 1.165) is 0 Å². The Morgan fingerprint density at radius 2 is 1.57 bits per heavy atom. The summed E-state index contributed by atoms with van der Waals surface area (Å²) >= 11 is 0. The number of nitrogens with zero attached hydrogens (tertiary/aromatic N) is 2. The Balaban J connectivity index is 2.66. The fourth-order valence-electron chi connectivity index (χ4n) is 2.29. The normalized spacial score (nSPS) is 22.8. The van der Waals surface area contributed by atoms with E-state index in [9.17, 15) is 22.8 Å². The monoisotopic (exact) mass is 339 g/mol. The highest BCUT2D eigenvalue weighted by Gasteiger charge is 2.38. The molecule has 2 atom stereocenters. The minimum atomic E-state index is -4.46. The van der Waals surface area contributed by atoms with Gasteiger partial charge in [0.2, 0.25) is 0 Å². The Labute approximate surface area is 133 Å². The number of amides is 3. The average Bonchev–Trinajstić information content (AvgIpc) is 2.36. The maximum absolute atomic E-state index is 12.2. The number of rotatable bonds is 1. The highest BCUT2D eigenvalue weighted by Crippen LogP contribution is 2.20. The summed E-state index contributed by atoms with van der Waals surface area (Å²) in [6.07, 6.45) is -4.95. The molecule has 6 nitrogen and oxygen atoms in total. The molecule has 23 heavy (non-hydrogen) atoms. The molecular weight excluding hydrogens is 315 g/mol. The lowest BCUT2D eigenvalue weighted by molar-refractivity contribution is -0.123. The molecule has 0 radical (unpaired) electrons. The highest BCUT2D eigenvalue weighted by molar-refractivity contribution is 5.75. The van der Waals surface area contributed by atoms with Crippen LogP contribution in [0.1, 0.15) is 34.6 Å². The molecule has 1 saturated heterocycles. The predicted octanol–water partition coefficient (Wildman–Crippen LogP) is 2.59. The first-order valence-electron chi connectivity index (χ1n) is 7.42. The van der Waals surface area contributed by atoms with Crippen molar-refractivity contribution in [2.75, 3.05) is 19.6 Å². The summed E-state index contributed by atoms with van der Waals surface area (Å²) in [5, 5.41) is 1.85. The molecule has 3 amide bonds.